The van der Waals surface area contributed by atoms with E-state index in [0.717, 1.165) is 21.6 Å². The highest BCUT2D eigenvalue weighted by Gasteiger charge is 2.07. The molecule has 0 aliphatic carbocycles. The van der Waals surface area contributed by atoms with Gasteiger partial charge >= 0.3 is 5.97 Å². The maximum atomic E-state index is 11.4. The summed E-state index contributed by atoms with van der Waals surface area (Å²) < 4.78 is 6.77. The molecule has 0 bridgehead atoms. The molecule has 3 rings (SSSR count). The Kier molecular flexibility index (Phi) is 2.11. The van der Waals surface area contributed by atoms with Crippen molar-refractivity contribution in [1.82, 2.24) is 4.40 Å². The highest BCUT2D eigenvalue weighted by Crippen LogP contribution is 2.15. The molecule has 3 heteroatoms. The van der Waals surface area contributed by atoms with Gasteiger partial charge in [0.2, 0.25) is 0 Å². The zero-order chi connectivity index (χ0) is 11.8. The van der Waals surface area contributed by atoms with Crippen LogP contribution >= 0.6 is 0 Å². The van der Waals surface area contributed by atoms with Crippen LogP contribution in [0.25, 0.3) is 22.5 Å². The number of rotatable bonds is 1. The van der Waals surface area contributed by atoms with Crippen molar-refractivity contribution in [1.29, 1.82) is 0 Å². The summed E-state index contributed by atoms with van der Waals surface area (Å²) in [6.07, 6.45) is 3.53. The Morgan fingerprint density at radius 3 is 2.76 bits per heavy atom. The second-order valence-corrected chi connectivity index (χ2v) is 3.86. The summed E-state index contributed by atoms with van der Waals surface area (Å²) in [5, 5.41) is 1.98. The molecule has 0 unspecified atom stereocenters. The average Bonchev–Trinajstić information content (AvgIpc) is 2.93. The van der Waals surface area contributed by atoms with Gasteiger partial charge in [0, 0.05) is 22.9 Å². The third-order valence-electron chi connectivity index (χ3n) is 2.94. The van der Waals surface area contributed by atoms with Gasteiger partial charge in [0.1, 0.15) is 0 Å². The average molecular weight is 225 g/mol. The van der Waals surface area contributed by atoms with E-state index in [0.29, 0.717) is 0 Å². The van der Waals surface area contributed by atoms with Crippen molar-refractivity contribution in [2.24, 2.45) is 0 Å². The van der Waals surface area contributed by atoms with Crippen LogP contribution < -0.4 is 5.22 Å². The minimum Gasteiger partial charge on any atom is -0.466 e. The molecule has 84 valence electrons. The van der Waals surface area contributed by atoms with E-state index >= 15 is 0 Å². The van der Waals surface area contributed by atoms with Crippen LogP contribution in [0.2, 0.25) is 0 Å². The number of carbonyl (C=O) groups excluding carboxylic acids is 1. The largest absolute Gasteiger partial charge is 0.466 e. The molecule has 2 aromatic heterocycles. The molecule has 3 nitrogen and oxygen atoms in total. The van der Waals surface area contributed by atoms with Crippen molar-refractivity contribution in [3.8, 4) is 0 Å². The number of aromatic nitrogens is 1. The SMILES string of the molecule is COC(=O)/C=c1/c2ccccc2n2cccc12. The molecule has 2 heterocycles. The molecule has 17 heavy (non-hydrogen) atoms. The Balaban J connectivity index is 2.51. The van der Waals surface area contributed by atoms with Gasteiger partial charge in [-0.1, -0.05) is 18.2 Å². The van der Waals surface area contributed by atoms with Crippen LogP contribution in [-0.4, -0.2) is 17.5 Å². The van der Waals surface area contributed by atoms with Crippen molar-refractivity contribution in [3.63, 3.8) is 0 Å². The fraction of sp³-hybridized carbons (Fsp3) is 0.0714. The van der Waals surface area contributed by atoms with Gasteiger partial charge in [0.15, 0.2) is 0 Å². The van der Waals surface area contributed by atoms with Gasteiger partial charge in [-0.25, -0.2) is 4.79 Å². The summed E-state index contributed by atoms with van der Waals surface area (Å²) in [5.74, 6) is -0.329. The van der Waals surface area contributed by atoms with Crippen LogP contribution in [0.1, 0.15) is 0 Å². The van der Waals surface area contributed by atoms with Crippen molar-refractivity contribution in [2.75, 3.05) is 7.11 Å². The first-order valence-electron chi connectivity index (χ1n) is 5.38. The number of ether oxygens (including phenoxy) is 1. The van der Waals surface area contributed by atoms with Crippen molar-refractivity contribution < 1.29 is 9.53 Å². The number of hydrogen-bond donors (Lipinski definition) is 0. The number of methoxy groups -OCH3 is 1. The van der Waals surface area contributed by atoms with Crippen molar-refractivity contribution in [2.45, 2.75) is 0 Å². The molecule has 0 amide bonds. The lowest BCUT2D eigenvalue weighted by Crippen LogP contribution is -2.05. The zero-order valence-electron chi connectivity index (χ0n) is 9.38. The Morgan fingerprint density at radius 1 is 1.18 bits per heavy atom. The monoisotopic (exact) mass is 225 g/mol. The molecule has 0 N–H and O–H groups in total. The van der Waals surface area contributed by atoms with Gasteiger partial charge in [-0.3, -0.25) is 0 Å². The molecule has 0 atom stereocenters. The summed E-state index contributed by atoms with van der Waals surface area (Å²) in [4.78, 5) is 11.4. The molecule has 0 fully saturated rings. The standard InChI is InChI=1S/C14H11NO2/c1-17-14(16)9-11-10-5-2-3-6-12(10)15-8-4-7-13(11)15/h2-9H,1H3/b11-9-. The number of para-hydroxylation sites is 1. The van der Waals surface area contributed by atoms with Crippen molar-refractivity contribution >= 4 is 28.5 Å². The van der Waals surface area contributed by atoms with Gasteiger partial charge in [-0.15, -0.1) is 0 Å². The van der Waals surface area contributed by atoms with Gasteiger partial charge in [-0.05, 0) is 18.2 Å². The third kappa shape index (κ3) is 1.40. The summed E-state index contributed by atoms with van der Waals surface area (Å²) in [7, 11) is 1.39. The highest BCUT2D eigenvalue weighted by atomic mass is 16.5. The Morgan fingerprint density at radius 2 is 1.94 bits per heavy atom. The normalized spacial score (nSPS) is 12.4. The minimum absolute atomic E-state index is 0.329. The van der Waals surface area contributed by atoms with E-state index in [-0.39, 0.29) is 5.97 Å². The Bertz CT molecular complexity index is 755. The second kappa shape index (κ2) is 3.63. The summed E-state index contributed by atoms with van der Waals surface area (Å²) >= 11 is 0. The molecule has 0 aliphatic heterocycles. The predicted molar refractivity (Wildman–Crippen MR) is 66.6 cm³/mol. The van der Waals surface area contributed by atoms with E-state index < -0.39 is 0 Å². The molecule has 0 saturated carbocycles. The van der Waals surface area contributed by atoms with Gasteiger partial charge in [0.05, 0.1) is 18.1 Å². The first kappa shape index (κ1) is 9.90. The smallest absolute Gasteiger partial charge is 0.331 e. The molecule has 0 aliphatic rings. The quantitative estimate of drug-likeness (QED) is 0.591. The Labute approximate surface area is 97.9 Å². The highest BCUT2D eigenvalue weighted by molar-refractivity contribution is 6.04. The summed E-state index contributed by atoms with van der Waals surface area (Å²) in [6, 6.07) is 12.0. The predicted octanol–water partition coefficient (Wildman–Crippen LogP) is 1.76. The first-order valence-corrected chi connectivity index (χ1v) is 5.38. The van der Waals surface area contributed by atoms with E-state index in [1.165, 1.54) is 13.2 Å². The maximum Gasteiger partial charge on any atom is 0.331 e. The van der Waals surface area contributed by atoms with E-state index in [4.69, 9.17) is 4.74 Å². The lowest BCUT2D eigenvalue weighted by atomic mass is 10.2. The summed E-state index contributed by atoms with van der Waals surface area (Å²) in [5.41, 5.74) is 2.12. The Hall–Kier alpha value is -2.29. The van der Waals surface area contributed by atoms with Crippen LogP contribution in [0.15, 0.2) is 42.6 Å². The number of hydrogen-bond acceptors (Lipinski definition) is 2. The molecule has 0 radical (unpaired) electrons. The zero-order valence-corrected chi connectivity index (χ0v) is 9.38. The van der Waals surface area contributed by atoms with Gasteiger partial charge in [0.25, 0.3) is 0 Å². The van der Waals surface area contributed by atoms with E-state index in [1.54, 1.807) is 0 Å². The minimum atomic E-state index is -0.329. The molecular weight excluding hydrogens is 214 g/mol. The van der Waals surface area contributed by atoms with Crippen LogP contribution in [0.5, 0.6) is 0 Å². The number of nitrogens with zero attached hydrogens (tertiary/aromatic N) is 1. The van der Waals surface area contributed by atoms with Gasteiger partial charge < -0.3 is 9.14 Å². The summed E-state index contributed by atoms with van der Waals surface area (Å²) in [6.45, 7) is 0. The topological polar surface area (TPSA) is 30.7 Å². The van der Waals surface area contributed by atoms with E-state index in [2.05, 4.69) is 4.40 Å². The van der Waals surface area contributed by atoms with E-state index in [1.807, 2.05) is 42.6 Å². The lowest BCUT2D eigenvalue weighted by molar-refractivity contribution is -0.133. The molecule has 0 saturated heterocycles. The fourth-order valence-corrected chi connectivity index (χ4v) is 2.19. The van der Waals surface area contributed by atoms with Gasteiger partial charge in [-0.2, -0.15) is 0 Å². The lowest BCUT2D eigenvalue weighted by Gasteiger charge is -1.90. The maximum absolute atomic E-state index is 11.4. The van der Waals surface area contributed by atoms with Crippen molar-refractivity contribution in [3.05, 3.63) is 47.8 Å². The van der Waals surface area contributed by atoms with E-state index in [9.17, 15) is 4.79 Å². The van der Waals surface area contributed by atoms with Crippen LogP contribution in [0, 0.1) is 0 Å². The molecule has 3 aromatic rings. The first-order chi connectivity index (χ1) is 8.31. The third-order valence-corrected chi connectivity index (χ3v) is 2.94. The number of fused-ring (bicyclic) bond motifs is 3. The second-order valence-electron chi connectivity index (χ2n) is 3.86. The van der Waals surface area contributed by atoms with Crippen LogP contribution in [-0.2, 0) is 9.53 Å². The number of benzene rings is 1. The number of carbonyl (C=O) groups is 1. The number of esters is 1. The van der Waals surface area contributed by atoms with Crippen LogP contribution in [0.4, 0.5) is 0 Å². The molecule has 1 aromatic carbocycles. The molecular formula is C14H11NO2. The fourth-order valence-electron chi connectivity index (χ4n) is 2.19. The molecule has 0 spiro atoms. The van der Waals surface area contributed by atoms with Crippen LogP contribution in [0.3, 0.4) is 0 Å².